The molecule has 0 unspecified atom stereocenters. The van der Waals surface area contributed by atoms with Gasteiger partial charge in [-0.1, -0.05) is 36.4 Å². The Morgan fingerprint density at radius 3 is 2.41 bits per heavy atom. The van der Waals surface area contributed by atoms with Crippen LogP contribution in [0.25, 0.3) is 5.57 Å². The Morgan fingerprint density at radius 1 is 1.07 bits per heavy atom. The lowest BCUT2D eigenvalue weighted by molar-refractivity contribution is -0.136. The van der Waals surface area contributed by atoms with Crippen molar-refractivity contribution in [1.29, 1.82) is 0 Å². The van der Waals surface area contributed by atoms with Crippen molar-refractivity contribution in [2.75, 3.05) is 18.5 Å². The van der Waals surface area contributed by atoms with E-state index in [1.807, 2.05) is 38.1 Å². The molecule has 3 rings (SSSR count). The number of para-hydroxylation sites is 1. The van der Waals surface area contributed by atoms with Crippen LogP contribution in [0.3, 0.4) is 0 Å². The minimum absolute atomic E-state index is 0.164. The average molecular weight is 362 g/mol. The Bertz CT molecular complexity index is 913. The van der Waals surface area contributed by atoms with E-state index in [1.165, 1.54) is 4.90 Å². The van der Waals surface area contributed by atoms with E-state index in [2.05, 4.69) is 11.9 Å². The number of imide groups is 1. The van der Waals surface area contributed by atoms with Crippen LogP contribution in [-0.4, -0.2) is 29.9 Å². The molecule has 2 aromatic rings. The normalized spacial score (nSPS) is 13.9. The Morgan fingerprint density at radius 2 is 1.78 bits per heavy atom. The highest BCUT2D eigenvalue weighted by atomic mass is 16.5. The lowest BCUT2D eigenvalue weighted by atomic mass is 10.0. The molecule has 2 amide bonds. The summed E-state index contributed by atoms with van der Waals surface area (Å²) in [6, 6.07) is 14.8. The summed E-state index contributed by atoms with van der Waals surface area (Å²) in [6.45, 7) is 8.23. The third kappa shape index (κ3) is 3.62. The van der Waals surface area contributed by atoms with Crippen molar-refractivity contribution in [3.63, 3.8) is 0 Å². The van der Waals surface area contributed by atoms with Crippen molar-refractivity contribution >= 4 is 23.1 Å². The first-order valence-corrected chi connectivity index (χ1v) is 8.84. The van der Waals surface area contributed by atoms with Crippen LogP contribution >= 0.6 is 0 Å². The Hall–Kier alpha value is -3.34. The minimum Gasteiger partial charge on any atom is -0.494 e. The Labute approximate surface area is 158 Å². The van der Waals surface area contributed by atoms with Crippen LogP contribution in [-0.2, 0) is 9.59 Å². The molecular formula is C22H22N2O3. The van der Waals surface area contributed by atoms with E-state index in [-0.39, 0.29) is 24.1 Å². The molecule has 138 valence electrons. The van der Waals surface area contributed by atoms with E-state index in [9.17, 15) is 9.59 Å². The van der Waals surface area contributed by atoms with Gasteiger partial charge in [-0.15, -0.1) is 6.58 Å². The zero-order valence-corrected chi connectivity index (χ0v) is 15.5. The SMILES string of the molecule is C=CCN1C(=O)C(Nc2ccccc2C)=C(c2ccc(OCC)cc2)C1=O. The van der Waals surface area contributed by atoms with E-state index in [1.54, 1.807) is 30.3 Å². The van der Waals surface area contributed by atoms with Gasteiger partial charge in [-0.3, -0.25) is 14.5 Å². The molecular weight excluding hydrogens is 340 g/mol. The molecule has 0 saturated carbocycles. The molecule has 0 atom stereocenters. The monoisotopic (exact) mass is 362 g/mol. The van der Waals surface area contributed by atoms with Gasteiger partial charge in [0.2, 0.25) is 0 Å². The molecule has 1 aliphatic heterocycles. The van der Waals surface area contributed by atoms with Crippen molar-refractivity contribution in [1.82, 2.24) is 4.90 Å². The van der Waals surface area contributed by atoms with E-state index in [0.29, 0.717) is 17.7 Å². The smallest absolute Gasteiger partial charge is 0.278 e. The molecule has 27 heavy (non-hydrogen) atoms. The molecule has 0 fully saturated rings. The number of nitrogens with zero attached hydrogens (tertiary/aromatic N) is 1. The maximum Gasteiger partial charge on any atom is 0.278 e. The predicted molar refractivity (Wildman–Crippen MR) is 106 cm³/mol. The molecule has 5 nitrogen and oxygen atoms in total. The van der Waals surface area contributed by atoms with Gasteiger partial charge in [0.25, 0.3) is 11.8 Å². The first kappa shape index (κ1) is 18.5. The molecule has 0 spiro atoms. The van der Waals surface area contributed by atoms with Crippen molar-refractivity contribution in [3.8, 4) is 5.75 Å². The standard InChI is InChI=1S/C22H22N2O3/c1-4-14-24-21(25)19(16-10-12-17(13-11-16)27-5-2)20(22(24)26)23-18-9-7-6-8-15(18)3/h4,6-13,23H,1,5,14H2,2-3H3. The van der Waals surface area contributed by atoms with Gasteiger partial charge in [0, 0.05) is 12.2 Å². The fraction of sp³-hybridized carbons (Fsp3) is 0.182. The lowest BCUT2D eigenvalue weighted by Gasteiger charge is -2.13. The highest BCUT2D eigenvalue weighted by molar-refractivity contribution is 6.36. The zero-order valence-electron chi connectivity index (χ0n) is 15.5. The molecule has 0 saturated heterocycles. The van der Waals surface area contributed by atoms with Crippen LogP contribution in [0.1, 0.15) is 18.1 Å². The number of carbonyl (C=O) groups excluding carboxylic acids is 2. The number of anilines is 1. The van der Waals surface area contributed by atoms with Crippen LogP contribution in [0, 0.1) is 6.92 Å². The fourth-order valence-corrected chi connectivity index (χ4v) is 2.99. The molecule has 0 bridgehead atoms. The van der Waals surface area contributed by atoms with Gasteiger partial charge in [0.15, 0.2) is 0 Å². The van der Waals surface area contributed by atoms with Crippen molar-refractivity contribution in [2.45, 2.75) is 13.8 Å². The topological polar surface area (TPSA) is 58.6 Å². The Balaban J connectivity index is 2.05. The summed E-state index contributed by atoms with van der Waals surface area (Å²) in [7, 11) is 0. The van der Waals surface area contributed by atoms with E-state index in [0.717, 1.165) is 17.0 Å². The molecule has 0 radical (unpaired) electrons. The molecule has 1 aliphatic rings. The summed E-state index contributed by atoms with van der Waals surface area (Å²) in [5.41, 5.74) is 3.07. The summed E-state index contributed by atoms with van der Waals surface area (Å²) >= 11 is 0. The number of benzene rings is 2. The van der Waals surface area contributed by atoms with E-state index in [4.69, 9.17) is 4.74 Å². The van der Waals surface area contributed by atoms with Crippen LogP contribution in [0.15, 0.2) is 66.9 Å². The first-order chi connectivity index (χ1) is 13.1. The molecule has 2 aromatic carbocycles. The quantitative estimate of drug-likeness (QED) is 0.602. The van der Waals surface area contributed by atoms with Crippen molar-refractivity contribution in [2.24, 2.45) is 0 Å². The number of hydrogen-bond donors (Lipinski definition) is 1. The average Bonchev–Trinajstić information content (AvgIpc) is 2.89. The zero-order chi connectivity index (χ0) is 19.4. The summed E-state index contributed by atoms with van der Waals surface area (Å²) in [4.78, 5) is 27.0. The third-order valence-electron chi connectivity index (χ3n) is 4.34. The predicted octanol–water partition coefficient (Wildman–Crippen LogP) is 3.77. The molecule has 0 aliphatic carbocycles. The highest BCUT2D eigenvalue weighted by Crippen LogP contribution is 2.32. The van der Waals surface area contributed by atoms with Crippen LogP contribution < -0.4 is 10.1 Å². The largest absolute Gasteiger partial charge is 0.494 e. The van der Waals surface area contributed by atoms with Crippen LogP contribution in [0.5, 0.6) is 5.75 Å². The first-order valence-electron chi connectivity index (χ1n) is 8.84. The summed E-state index contributed by atoms with van der Waals surface area (Å²) in [6.07, 6.45) is 1.54. The number of aryl methyl sites for hydroxylation is 1. The van der Waals surface area contributed by atoms with E-state index < -0.39 is 0 Å². The number of ether oxygens (including phenoxy) is 1. The number of nitrogens with one attached hydrogen (secondary N) is 1. The van der Waals surface area contributed by atoms with Crippen molar-refractivity contribution in [3.05, 3.63) is 78.0 Å². The molecule has 0 aromatic heterocycles. The second-order valence-electron chi connectivity index (χ2n) is 6.16. The van der Waals surface area contributed by atoms with Gasteiger partial charge < -0.3 is 10.1 Å². The number of hydrogen-bond acceptors (Lipinski definition) is 4. The van der Waals surface area contributed by atoms with Crippen LogP contribution in [0.2, 0.25) is 0 Å². The highest BCUT2D eigenvalue weighted by Gasteiger charge is 2.38. The van der Waals surface area contributed by atoms with Gasteiger partial charge in [0.05, 0.1) is 12.2 Å². The van der Waals surface area contributed by atoms with E-state index >= 15 is 0 Å². The number of carbonyl (C=O) groups is 2. The van der Waals surface area contributed by atoms with Gasteiger partial charge in [-0.2, -0.15) is 0 Å². The van der Waals surface area contributed by atoms with Gasteiger partial charge >= 0.3 is 0 Å². The number of rotatable bonds is 7. The van der Waals surface area contributed by atoms with Gasteiger partial charge in [0.1, 0.15) is 11.4 Å². The summed E-state index contributed by atoms with van der Waals surface area (Å²) in [5, 5.41) is 3.17. The molecule has 5 heteroatoms. The van der Waals surface area contributed by atoms with Crippen molar-refractivity contribution < 1.29 is 14.3 Å². The summed E-state index contributed by atoms with van der Waals surface area (Å²) < 4.78 is 5.46. The lowest BCUT2D eigenvalue weighted by Crippen LogP contribution is -2.32. The van der Waals surface area contributed by atoms with Gasteiger partial charge in [-0.05, 0) is 43.2 Å². The third-order valence-corrected chi connectivity index (χ3v) is 4.34. The van der Waals surface area contributed by atoms with Crippen LogP contribution in [0.4, 0.5) is 5.69 Å². The minimum atomic E-state index is -0.355. The molecule has 1 heterocycles. The van der Waals surface area contributed by atoms with Gasteiger partial charge in [-0.25, -0.2) is 0 Å². The number of amides is 2. The maximum atomic E-state index is 12.9. The maximum absolute atomic E-state index is 12.9. The summed E-state index contributed by atoms with van der Waals surface area (Å²) in [5.74, 6) is 0.0298. The Kier molecular flexibility index (Phi) is 5.41. The fourth-order valence-electron chi connectivity index (χ4n) is 2.99. The second-order valence-corrected chi connectivity index (χ2v) is 6.16. The molecule has 1 N–H and O–H groups in total. The second kappa shape index (κ2) is 7.91.